The van der Waals surface area contributed by atoms with E-state index in [0.29, 0.717) is 19.3 Å². The van der Waals surface area contributed by atoms with Crippen molar-refractivity contribution in [3.05, 3.63) is 24.3 Å². The Bertz CT molecular complexity index is 653. The van der Waals surface area contributed by atoms with Gasteiger partial charge in [-0.2, -0.15) is 0 Å². The number of unbranched alkanes of at least 4 members (excludes halogenated alkanes) is 19. The van der Waals surface area contributed by atoms with Gasteiger partial charge in [0.05, 0.1) is 18.8 Å². The molecule has 0 fully saturated rings. The maximum absolute atomic E-state index is 12.4. The molecule has 0 aliphatic rings. The summed E-state index contributed by atoms with van der Waals surface area (Å²) in [6, 6.07) is -1.00. The fourth-order valence-electron chi connectivity index (χ4n) is 5.40. The molecule has 0 spiro atoms. The molecule has 4 atom stereocenters. The highest BCUT2D eigenvalue weighted by Crippen LogP contribution is 2.13. The van der Waals surface area contributed by atoms with Crippen LogP contribution in [-0.4, -0.2) is 57.3 Å². The van der Waals surface area contributed by atoms with Crippen LogP contribution in [0.4, 0.5) is 0 Å². The molecule has 0 aromatic heterocycles. The van der Waals surface area contributed by atoms with Gasteiger partial charge in [-0.1, -0.05) is 134 Å². The van der Waals surface area contributed by atoms with Crippen molar-refractivity contribution in [3.63, 3.8) is 0 Å². The lowest BCUT2D eigenvalue weighted by molar-refractivity contribution is -0.132. The number of allylic oxidation sites excluding steroid dienone is 4. The summed E-state index contributed by atoms with van der Waals surface area (Å²) in [6.45, 7) is 3.98. The monoisotopic (exact) mass is 610 g/mol. The van der Waals surface area contributed by atoms with Gasteiger partial charge in [0.15, 0.2) is 0 Å². The molecule has 0 aromatic carbocycles. The van der Waals surface area contributed by atoms with Crippen LogP contribution in [-0.2, 0) is 4.79 Å². The summed E-state index contributed by atoms with van der Waals surface area (Å²) in [4.78, 5) is 12.4. The molecule has 43 heavy (non-hydrogen) atoms. The number of nitrogens with one attached hydrogen (secondary N) is 1. The van der Waals surface area contributed by atoms with E-state index in [1.807, 2.05) is 0 Å². The highest BCUT2D eigenvalue weighted by atomic mass is 16.3. The minimum atomic E-state index is -1.28. The van der Waals surface area contributed by atoms with Crippen molar-refractivity contribution in [2.24, 2.45) is 0 Å². The van der Waals surface area contributed by atoms with E-state index < -0.39 is 36.9 Å². The summed E-state index contributed by atoms with van der Waals surface area (Å²) < 4.78 is 0. The average molecular weight is 610 g/mol. The van der Waals surface area contributed by atoms with E-state index in [-0.39, 0.29) is 0 Å². The molecule has 0 heterocycles. The van der Waals surface area contributed by atoms with Gasteiger partial charge in [0, 0.05) is 0 Å². The van der Waals surface area contributed by atoms with Crippen LogP contribution < -0.4 is 5.32 Å². The van der Waals surface area contributed by atoms with Gasteiger partial charge in [-0.25, -0.2) is 0 Å². The van der Waals surface area contributed by atoms with Crippen molar-refractivity contribution in [1.82, 2.24) is 5.32 Å². The zero-order chi connectivity index (χ0) is 31.8. The lowest BCUT2D eigenvalue weighted by Crippen LogP contribution is -2.53. The SMILES string of the molecule is CCCCCCC/C=C/CCCC(O)C(O)C(CO)NC(=O)C(O)CCCCCC/C=C\CCCCCCCCCCC. The molecular formula is C37H71NO5. The number of hydrogen-bond acceptors (Lipinski definition) is 5. The molecule has 254 valence electrons. The number of amides is 1. The van der Waals surface area contributed by atoms with Crippen LogP contribution in [0.15, 0.2) is 24.3 Å². The van der Waals surface area contributed by atoms with Gasteiger partial charge in [0.1, 0.15) is 12.2 Å². The number of aliphatic hydroxyl groups excluding tert-OH is 4. The van der Waals surface area contributed by atoms with Crippen molar-refractivity contribution in [2.45, 2.75) is 199 Å². The molecular weight excluding hydrogens is 538 g/mol. The van der Waals surface area contributed by atoms with Crippen molar-refractivity contribution in [1.29, 1.82) is 0 Å². The summed E-state index contributed by atoms with van der Waals surface area (Å²) in [5.41, 5.74) is 0. The third-order valence-corrected chi connectivity index (χ3v) is 8.38. The predicted molar refractivity (Wildman–Crippen MR) is 182 cm³/mol. The Labute approximate surface area is 265 Å². The third kappa shape index (κ3) is 26.9. The van der Waals surface area contributed by atoms with E-state index in [4.69, 9.17) is 0 Å². The predicted octanol–water partition coefficient (Wildman–Crippen LogP) is 8.45. The summed E-state index contributed by atoms with van der Waals surface area (Å²) in [6.07, 6.45) is 33.5. The first-order valence-corrected chi connectivity index (χ1v) is 18.2. The maximum atomic E-state index is 12.4. The van der Waals surface area contributed by atoms with Crippen molar-refractivity contribution in [3.8, 4) is 0 Å². The molecule has 0 rings (SSSR count). The van der Waals surface area contributed by atoms with Gasteiger partial charge in [-0.15, -0.1) is 0 Å². The zero-order valence-corrected chi connectivity index (χ0v) is 28.2. The lowest BCUT2D eigenvalue weighted by atomic mass is 10.00. The number of rotatable bonds is 32. The van der Waals surface area contributed by atoms with E-state index in [2.05, 4.69) is 43.5 Å². The Morgan fingerprint density at radius 3 is 1.40 bits per heavy atom. The van der Waals surface area contributed by atoms with Gasteiger partial charge in [-0.05, 0) is 64.2 Å². The highest BCUT2D eigenvalue weighted by molar-refractivity contribution is 5.80. The maximum Gasteiger partial charge on any atom is 0.249 e. The molecule has 0 saturated carbocycles. The molecule has 0 radical (unpaired) electrons. The fraction of sp³-hybridized carbons (Fsp3) is 0.865. The van der Waals surface area contributed by atoms with Crippen LogP contribution in [0.25, 0.3) is 0 Å². The minimum Gasteiger partial charge on any atom is -0.394 e. The first kappa shape index (κ1) is 41.8. The van der Waals surface area contributed by atoms with Gasteiger partial charge in [0.2, 0.25) is 5.91 Å². The molecule has 0 aromatic rings. The standard InChI is InChI=1S/C37H71NO5/c1-3-5-7-9-11-13-15-16-17-18-19-20-21-23-25-27-29-31-35(41)37(43)38-33(32-39)36(42)34(40)30-28-26-24-22-14-12-10-8-6-4-2/h19-20,22,24,33-36,39-42H,3-18,21,23,25-32H2,1-2H3,(H,38,43)/b20-19-,24-22+. The summed E-state index contributed by atoms with van der Waals surface area (Å²) in [5.74, 6) is -0.605. The van der Waals surface area contributed by atoms with Crippen LogP contribution >= 0.6 is 0 Å². The summed E-state index contributed by atoms with van der Waals surface area (Å²) in [7, 11) is 0. The second-order valence-electron chi connectivity index (χ2n) is 12.6. The van der Waals surface area contributed by atoms with Crippen LogP contribution in [0.1, 0.15) is 174 Å². The van der Waals surface area contributed by atoms with Crippen LogP contribution in [0.3, 0.4) is 0 Å². The third-order valence-electron chi connectivity index (χ3n) is 8.38. The Morgan fingerprint density at radius 1 is 0.558 bits per heavy atom. The van der Waals surface area contributed by atoms with E-state index in [0.717, 1.165) is 44.9 Å². The molecule has 6 nitrogen and oxygen atoms in total. The molecule has 4 unspecified atom stereocenters. The highest BCUT2D eigenvalue weighted by Gasteiger charge is 2.28. The van der Waals surface area contributed by atoms with Gasteiger partial charge >= 0.3 is 0 Å². The minimum absolute atomic E-state index is 0.349. The quantitative estimate of drug-likeness (QED) is 0.0388. The number of carbonyl (C=O) groups is 1. The van der Waals surface area contributed by atoms with E-state index >= 15 is 0 Å². The smallest absolute Gasteiger partial charge is 0.249 e. The molecule has 0 aliphatic heterocycles. The van der Waals surface area contributed by atoms with Gasteiger partial charge < -0.3 is 25.7 Å². The van der Waals surface area contributed by atoms with Crippen LogP contribution in [0.5, 0.6) is 0 Å². The second-order valence-corrected chi connectivity index (χ2v) is 12.6. The molecule has 1 amide bonds. The van der Waals surface area contributed by atoms with Crippen molar-refractivity contribution < 1.29 is 25.2 Å². The first-order chi connectivity index (χ1) is 21.0. The summed E-state index contributed by atoms with van der Waals surface area (Å²) >= 11 is 0. The van der Waals surface area contributed by atoms with E-state index in [1.165, 1.54) is 96.3 Å². The molecule has 6 heteroatoms. The van der Waals surface area contributed by atoms with E-state index in [1.54, 1.807) is 0 Å². The lowest BCUT2D eigenvalue weighted by Gasteiger charge is -2.27. The Morgan fingerprint density at radius 2 is 0.953 bits per heavy atom. The van der Waals surface area contributed by atoms with E-state index in [9.17, 15) is 25.2 Å². The summed E-state index contributed by atoms with van der Waals surface area (Å²) in [5, 5.41) is 43.3. The molecule has 0 bridgehead atoms. The van der Waals surface area contributed by atoms with Gasteiger partial charge in [-0.3, -0.25) is 4.79 Å². The number of carbonyl (C=O) groups excluding carboxylic acids is 1. The largest absolute Gasteiger partial charge is 0.394 e. The second kappa shape index (κ2) is 32.2. The average Bonchev–Trinajstić information content (AvgIpc) is 3.01. The number of hydrogen-bond donors (Lipinski definition) is 5. The fourth-order valence-corrected chi connectivity index (χ4v) is 5.40. The molecule has 0 aliphatic carbocycles. The first-order valence-electron chi connectivity index (χ1n) is 18.2. The van der Waals surface area contributed by atoms with Gasteiger partial charge in [0.25, 0.3) is 0 Å². The Balaban J connectivity index is 3.86. The van der Waals surface area contributed by atoms with Crippen LogP contribution in [0, 0.1) is 0 Å². The molecule has 5 N–H and O–H groups in total. The molecule has 0 saturated heterocycles. The normalized spacial score (nSPS) is 14.8. The number of aliphatic hydroxyl groups is 4. The van der Waals surface area contributed by atoms with Crippen LogP contribution in [0.2, 0.25) is 0 Å². The van der Waals surface area contributed by atoms with Crippen molar-refractivity contribution in [2.75, 3.05) is 6.61 Å². The topological polar surface area (TPSA) is 110 Å². The van der Waals surface area contributed by atoms with Crippen molar-refractivity contribution >= 4 is 5.91 Å². The Kier molecular flexibility index (Phi) is 31.3. The zero-order valence-electron chi connectivity index (χ0n) is 28.2. The Hall–Kier alpha value is -1.21.